The van der Waals surface area contributed by atoms with E-state index in [0.717, 1.165) is 21.7 Å². The number of carbonyl (C=O) groups is 5. The monoisotopic (exact) mass is 1020 g/mol. The zero-order valence-corrected chi connectivity index (χ0v) is 44.0. The van der Waals surface area contributed by atoms with E-state index in [9.17, 15) is 29.1 Å². The molecule has 2 aliphatic carbocycles. The number of rotatable bonds is 15. The van der Waals surface area contributed by atoms with Crippen LogP contribution in [0, 0.1) is 47.0 Å². The van der Waals surface area contributed by atoms with Crippen molar-refractivity contribution < 1.29 is 36.6 Å². The molecule has 3 aromatic carbocycles. The number of aliphatic hydroxyl groups is 1. The van der Waals surface area contributed by atoms with Crippen molar-refractivity contribution in [3.8, 4) is 28.0 Å². The van der Waals surface area contributed by atoms with Gasteiger partial charge in [-0.05, 0) is 86.1 Å². The number of likely N-dealkylation sites (tertiary alicyclic amines) is 1. The number of hydrogen-bond acceptors (Lipinski definition) is 9. The lowest BCUT2D eigenvalue weighted by molar-refractivity contribution is -0.195. The Morgan fingerprint density at radius 2 is 1.71 bits per heavy atom. The highest BCUT2D eigenvalue weighted by atomic mass is 35.5. The minimum Gasteiger partial charge on any atom is -0.489 e. The molecule has 4 atom stereocenters. The van der Waals surface area contributed by atoms with Crippen molar-refractivity contribution >= 4 is 58.2 Å². The first-order valence-corrected chi connectivity index (χ1v) is 25.6. The summed E-state index contributed by atoms with van der Waals surface area (Å²) >= 11 is 7.83. The summed E-state index contributed by atoms with van der Waals surface area (Å²) in [6.45, 7) is 22.9. The summed E-state index contributed by atoms with van der Waals surface area (Å²) in [5.74, 6) is 4.28. The van der Waals surface area contributed by atoms with Crippen molar-refractivity contribution in [2.45, 2.75) is 131 Å². The highest BCUT2D eigenvalue weighted by molar-refractivity contribution is 7.13. The SMILES string of the molecule is [2H]C([2H])N(C(=O)c1ccc(C#CCCCNC(=O)C2(C(=O)N[C@H](C(=O)N3C[C@@H](O)C[C@H]3C(=O)N[C@@H](C)c3ccc(-c4scnc4C)cc3)C(C)(C)C)CC2)cc1)C1C(C)(C)C(Oc2ccc([N+]#[C-])c(Cl)c2)C1(C)C. The number of amides is 5. The predicted octanol–water partition coefficient (Wildman–Crippen LogP) is 8.68. The van der Waals surface area contributed by atoms with E-state index in [1.807, 2.05) is 65.8 Å². The van der Waals surface area contributed by atoms with Gasteiger partial charge in [-0.15, -0.1) is 11.3 Å². The van der Waals surface area contributed by atoms with Crippen LogP contribution in [0.4, 0.5) is 5.69 Å². The fraction of sp³-hybridized carbons (Fsp3) is 0.482. The molecule has 2 saturated carbocycles. The molecule has 0 bridgehead atoms. The van der Waals surface area contributed by atoms with Gasteiger partial charge < -0.3 is 35.6 Å². The highest BCUT2D eigenvalue weighted by Crippen LogP contribution is 2.58. The summed E-state index contributed by atoms with van der Waals surface area (Å²) < 4.78 is 23.2. The highest BCUT2D eigenvalue weighted by Gasteiger charge is 2.66. The van der Waals surface area contributed by atoms with Gasteiger partial charge in [0.25, 0.3) is 5.91 Å². The van der Waals surface area contributed by atoms with E-state index in [2.05, 4.69) is 37.6 Å². The van der Waals surface area contributed by atoms with Crippen molar-refractivity contribution in [3.05, 3.63) is 111 Å². The Hall–Kier alpha value is -6.26. The fourth-order valence-corrected chi connectivity index (χ4v) is 11.6. The number of β-amino-alcohol motifs (C(OH)–C–C–N with tert-alkyl or cyclic N) is 1. The Kier molecular flexibility index (Phi) is 14.8. The molecule has 3 fully saturated rings. The average molecular weight is 1020 g/mol. The number of aliphatic hydroxyl groups excluding tert-OH is 1. The van der Waals surface area contributed by atoms with Crippen LogP contribution in [-0.2, 0) is 19.2 Å². The second-order valence-corrected chi connectivity index (χ2v) is 22.9. The minimum absolute atomic E-state index is 0.0419. The van der Waals surface area contributed by atoms with Crippen LogP contribution >= 0.6 is 22.9 Å². The van der Waals surface area contributed by atoms with E-state index >= 15 is 0 Å². The Morgan fingerprint density at radius 3 is 2.29 bits per heavy atom. The Morgan fingerprint density at radius 1 is 1.03 bits per heavy atom. The number of halogens is 1. The van der Waals surface area contributed by atoms with E-state index in [1.165, 1.54) is 9.80 Å². The molecule has 1 saturated heterocycles. The van der Waals surface area contributed by atoms with Gasteiger partial charge in [0.1, 0.15) is 29.4 Å². The maximum Gasteiger partial charge on any atom is 0.253 e. The maximum absolute atomic E-state index is 14.3. The molecule has 2 heterocycles. The van der Waals surface area contributed by atoms with E-state index in [-0.39, 0.29) is 24.5 Å². The van der Waals surface area contributed by atoms with Gasteiger partial charge in [0.15, 0.2) is 0 Å². The first kappa shape index (κ1) is 50.7. The molecule has 4 N–H and O–H groups in total. The Balaban J connectivity index is 0.895. The Bertz CT molecular complexity index is 2860. The quantitative estimate of drug-likeness (QED) is 0.0396. The Labute approximate surface area is 435 Å². The zero-order valence-electron chi connectivity index (χ0n) is 44.4. The van der Waals surface area contributed by atoms with Crippen molar-refractivity contribution in [2.24, 2.45) is 21.7 Å². The van der Waals surface area contributed by atoms with E-state index in [1.54, 1.807) is 80.1 Å². The van der Waals surface area contributed by atoms with Gasteiger partial charge in [0.05, 0.1) is 39.8 Å². The standard InChI is InChI=1S/C56H66ClN7O7S/c1-33(36-20-22-37(23-21-36)44-34(2)60-32-72-44)61-46(66)43-29-39(65)31-64(43)48(68)45(53(3,4)5)62-52(70)56(26-27-56)51(69)59-28-14-12-13-15-35-16-18-38(19-17-35)47(67)63(11)49-54(6,7)50(55(49,8)9)71-40-24-25-42(58-10)41(57)30-40/h16-25,30,32-33,39,43,45,49-50,65H,12,14,26-29,31H2,1-9,11H3,(H,59,69)(H,61,66)(H,62,70)/t33-,39-,43-,45+,49?,50?/m0/s1/i11D2. The number of benzene rings is 3. The van der Waals surface area contributed by atoms with Gasteiger partial charge in [0, 0.05) is 63.7 Å². The molecule has 1 aliphatic heterocycles. The summed E-state index contributed by atoms with van der Waals surface area (Å²) in [6, 6.07) is 16.4. The zero-order chi connectivity index (χ0) is 54.1. The number of aryl methyl sites for hydroxylation is 1. The molecule has 0 unspecified atom stereocenters. The largest absolute Gasteiger partial charge is 0.489 e. The first-order chi connectivity index (χ1) is 34.8. The molecule has 7 rings (SSSR count). The summed E-state index contributed by atoms with van der Waals surface area (Å²) in [7, 11) is 0. The van der Waals surface area contributed by atoms with Gasteiger partial charge in [-0.2, -0.15) is 0 Å². The summed E-state index contributed by atoms with van der Waals surface area (Å²) in [5, 5.41) is 19.8. The molecule has 4 aromatic rings. The van der Waals surface area contributed by atoms with Gasteiger partial charge in [-0.3, -0.25) is 24.0 Å². The number of unbranched alkanes of at least 4 members (excludes halogenated alkanes) is 1. The van der Waals surface area contributed by atoms with Crippen molar-refractivity contribution in [3.63, 3.8) is 0 Å². The van der Waals surface area contributed by atoms with Crippen LogP contribution in [0.5, 0.6) is 5.75 Å². The summed E-state index contributed by atoms with van der Waals surface area (Å²) in [6.07, 6.45) is 0.253. The number of thiazole rings is 1. The van der Waals surface area contributed by atoms with Crippen LogP contribution in [0.1, 0.15) is 123 Å². The minimum atomic E-state index is -1.59. The molecule has 380 valence electrons. The van der Waals surface area contributed by atoms with E-state index < -0.39 is 94.6 Å². The molecule has 3 aliphatic rings. The van der Waals surface area contributed by atoms with Crippen molar-refractivity contribution in [1.82, 2.24) is 30.7 Å². The number of nitrogens with one attached hydrogen (secondary N) is 3. The van der Waals surface area contributed by atoms with Gasteiger partial charge >= 0.3 is 0 Å². The third kappa shape index (κ3) is 11.0. The van der Waals surface area contributed by atoms with Crippen LogP contribution in [0.25, 0.3) is 15.3 Å². The van der Waals surface area contributed by atoms with Crippen LogP contribution in [0.15, 0.2) is 72.2 Å². The molecule has 14 nitrogen and oxygen atoms in total. The third-order valence-corrected chi connectivity index (χ3v) is 15.6. The first-order valence-electron chi connectivity index (χ1n) is 25.5. The van der Waals surface area contributed by atoms with Crippen LogP contribution in [0.3, 0.4) is 0 Å². The van der Waals surface area contributed by atoms with Gasteiger partial charge in [-0.1, -0.05) is 102 Å². The molecular formula is C56H66ClN7O7S. The molecule has 72 heavy (non-hydrogen) atoms. The normalized spacial score (nSPS) is 21.5. The molecular weight excluding hydrogens is 950 g/mol. The maximum atomic E-state index is 14.3. The molecule has 0 spiro atoms. The molecule has 0 radical (unpaired) electrons. The van der Waals surface area contributed by atoms with Crippen LogP contribution in [0.2, 0.25) is 5.02 Å². The second kappa shape index (κ2) is 21.1. The van der Waals surface area contributed by atoms with Crippen molar-refractivity contribution in [2.75, 3.05) is 20.1 Å². The number of ether oxygens (including phenoxy) is 1. The summed E-state index contributed by atoms with van der Waals surface area (Å²) in [4.78, 5) is 81.0. The lowest BCUT2D eigenvalue weighted by Crippen LogP contribution is -2.74. The van der Waals surface area contributed by atoms with Crippen molar-refractivity contribution in [1.29, 1.82) is 0 Å². The van der Waals surface area contributed by atoms with E-state index in [4.69, 9.17) is 25.7 Å². The average Bonchev–Trinajstić information content (AvgIpc) is 3.91. The molecule has 5 amide bonds. The smallest absolute Gasteiger partial charge is 0.253 e. The third-order valence-electron chi connectivity index (χ3n) is 14.3. The topological polar surface area (TPSA) is 175 Å². The number of aromatic nitrogens is 1. The lowest BCUT2D eigenvalue weighted by atomic mass is 9.49. The summed E-state index contributed by atoms with van der Waals surface area (Å²) in [5.41, 5.74) is 2.46. The van der Waals surface area contributed by atoms with E-state index in [0.29, 0.717) is 48.2 Å². The number of carbonyl (C=O) groups excluding carboxylic acids is 5. The van der Waals surface area contributed by atoms with Crippen LogP contribution < -0.4 is 20.7 Å². The number of nitrogens with zero attached hydrogens (tertiary/aromatic N) is 4. The number of hydrogen-bond donors (Lipinski definition) is 4. The fourth-order valence-electron chi connectivity index (χ4n) is 10.6. The molecule has 16 heteroatoms. The van der Waals surface area contributed by atoms with Gasteiger partial charge in [-0.25, -0.2) is 9.83 Å². The van der Waals surface area contributed by atoms with Crippen LogP contribution in [-0.4, -0.2) is 99.8 Å². The lowest BCUT2D eigenvalue weighted by Gasteiger charge is -2.65. The second-order valence-electron chi connectivity index (χ2n) is 21.6. The predicted molar refractivity (Wildman–Crippen MR) is 279 cm³/mol. The molecule has 1 aromatic heterocycles. The van der Waals surface area contributed by atoms with Gasteiger partial charge in [0.2, 0.25) is 29.3 Å².